The predicted octanol–water partition coefficient (Wildman–Crippen LogP) is 7.91. The minimum Gasteiger partial charge on any atom is -0.0689 e. The molecule has 2 aliphatic rings. The van der Waals surface area contributed by atoms with Crippen molar-refractivity contribution >= 4 is 8.07 Å². The van der Waals surface area contributed by atoms with Crippen LogP contribution >= 0.6 is 0 Å². The zero-order valence-electron chi connectivity index (χ0n) is 17.9. The van der Waals surface area contributed by atoms with Gasteiger partial charge in [-0.2, -0.15) is 0 Å². The van der Waals surface area contributed by atoms with Gasteiger partial charge in [0.1, 0.15) is 0 Å². The number of rotatable bonds is 2. The molecule has 0 aromatic rings. The van der Waals surface area contributed by atoms with E-state index in [1.807, 2.05) is 0 Å². The van der Waals surface area contributed by atoms with Crippen LogP contribution in [-0.4, -0.2) is 8.07 Å². The molecule has 0 amide bonds. The highest BCUT2D eigenvalue weighted by atomic mass is 28.3. The SMILES string of the molecule is CC1(C)CC([Si](C)(C)C2CC(C)(C)CC(C)(C)C2)CC(C)(C)C1. The summed E-state index contributed by atoms with van der Waals surface area (Å²) in [5.41, 5.74) is 4.17. The normalized spacial score (nSPS) is 31.0. The molecular formula is C22H44Si. The van der Waals surface area contributed by atoms with Gasteiger partial charge in [0.15, 0.2) is 0 Å². The van der Waals surface area contributed by atoms with Crippen LogP contribution < -0.4 is 0 Å². The van der Waals surface area contributed by atoms with Crippen LogP contribution in [0.4, 0.5) is 0 Å². The van der Waals surface area contributed by atoms with E-state index in [0.29, 0.717) is 21.7 Å². The Bertz CT molecular complexity index is 367. The van der Waals surface area contributed by atoms with E-state index in [-0.39, 0.29) is 0 Å². The van der Waals surface area contributed by atoms with E-state index in [9.17, 15) is 0 Å². The van der Waals surface area contributed by atoms with Crippen molar-refractivity contribution in [1.29, 1.82) is 0 Å². The first-order chi connectivity index (χ1) is 10.0. The first-order valence-corrected chi connectivity index (χ1v) is 13.2. The van der Waals surface area contributed by atoms with Crippen molar-refractivity contribution in [1.82, 2.24) is 0 Å². The fourth-order valence-electron chi connectivity index (χ4n) is 7.08. The second-order valence-electron chi connectivity index (χ2n) is 13.0. The molecule has 0 aliphatic heterocycles. The average molecular weight is 337 g/mol. The Morgan fingerprint density at radius 2 is 0.739 bits per heavy atom. The van der Waals surface area contributed by atoms with Crippen LogP contribution in [0.15, 0.2) is 0 Å². The summed E-state index contributed by atoms with van der Waals surface area (Å²) in [5.74, 6) is 0. The van der Waals surface area contributed by atoms with E-state index < -0.39 is 8.07 Å². The van der Waals surface area contributed by atoms with E-state index in [4.69, 9.17) is 0 Å². The summed E-state index contributed by atoms with van der Waals surface area (Å²) < 4.78 is 0. The molecule has 0 nitrogen and oxygen atoms in total. The van der Waals surface area contributed by atoms with Gasteiger partial charge in [0.05, 0.1) is 8.07 Å². The third-order valence-corrected chi connectivity index (χ3v) is 12.2. The Morgan fingerprint density at radius 3 is 0.957 bits per heavy atom. The van der Waals surface area contributed by atoms with E-state index >= 15 is 0 Å². The average Bonchev–Trinajstić information content (AvgIpc) is 2.19. The Balaban J connectivity index is 2.26. The molecule has 0 unspecified atom stereocenters. The molecule has 2 rings (SSSR count). The third-order valence-electron chi connectivity index (χ3n) is 7.21. The van der Waals surface area contributed by atoms with Gasteiger partial charge in [-0.15, -0.1) is 0 Å². The third kappa shape index (κ3) is 4.64. The van der Waals surface area contributed by atoms with Gasteiger partial charge in [0.2, 0.25) is 0 Å². The second kappa shape index (κ2) is 5.61. The van der Waals surface area contributed by atoms with Gasteiger partial charge in [-0.3, -0.25) is 0 Å². The summed E-state index contributed by atoms with van der Waals surface area (Å²) in [6, 6.07) is 0. The van der Waals surface area contributed by atoms with Crippen LogP contribution in [0.3, 0.4) is 0 Å². The Hall–Kier alpha value is 0.217. The minimum atomic E-state index is -1.26. The highest BCUT2D eigenvalue weighted by molar-refractivity contribution is 6.80. The molecule has 0 atom stereocenters. The smallest absolute Gasteiger partial charge is 0.0536 e. The molecule has 0 bridgehead atoms. The van der Waals surface area contributed by atoms with Crippen molar-refractivity contribution in [3.63, 3.8) is 0 Å². The first kappa shape index (κ1) is 19.5. The lowest BCUT2D eigenvalue weighted by Gasteiger charge is -2.55. The van der Waals surface area contributed by atoms with Crippen molar-refractivity contribution < 1.29 is 0 Å². The predicted molar refractivity (Wildman–Crippen MR) is 108 cm³/mol. The van der Waals surface area contributed by atoms with E-state index in [1.165, 1.54) is 38.5 Å². The lowest BCUT2D eigenvalue weighted by atomic mass is 9.65. The standard InChI is InChI=1S/C22H44Si/c1-19(2)11-17(12-20(3,4)15-19)23(9,10)18-13-21(5,6)16-22(7,8)14-18/h17-18H,11-16H2,1-10H3. The largest absolute Gasteiger partial charge is 0.0689 e. The van der Waals surface area contributed by atoms with Gasteiger partial charge >= 0.3 is 0 Å². The molecule has 1 heteroatoms. The van der Waals surface area contributed by atoms with Gasteiger partial charge < -0.3 is 0 Å². The van der Waals surface area contributed by atoms with Crippen LogP contribution in [0.5, 0.6) is 0 Å². The summed E-state index contributed by atoms with van der Waals surface area (Å²) >= 11 is 0. The van der Waals surface area contributed by atoms with E-state index in [0.717, 1.165) is 11.1 Å². The van der Waals surface area contributed by atoms with Crippen molar-refractivity contribution in [3.8, 4) is 0 Å². The molecule has 0 saturated heterocycles. The molecule has 0 N–H and O–H groups in total. The fraction of sp³-hybridized carbons (Fsp3) is 1.00. The molecule has 0 radical (unpaired) electrons. The second-order valence-corrected chi connectivity index (χ2v) is 18.3. The maximum absolute atomic E-state index is 2.75. The molecule has 23 heavy (non-hydrogen) atoms. The lowest BCUT2D eigenvalue weighted by molar-refractivity contribution is 0.100. The summed E-state index contributed by atoms with van der Waals surface area (Å²) in [6.45, 7) is 25.7. The van der Waals surface area contributed by atoms with Gasteiger partial charge in [-0.25, -0.2) is 0 Å². The monoisotopic (exact) mass is 336 g/mol. The quantitative estimate of drug-likeness (QED) is 0.449. The lowest BCUT2D eigenvalue weighted by Crippen LogP contribution is -2.49. The van der Waals surface area contributed by atoms with Crippen LogP contribution in [0.25, 0.3) is 0 Å². The zero-order chi connectivity index (χ0) is 17.9. The van der Waals surface area contributed by atoms with Gasteiger partial charge in [-0.1, -0.05) is 68.5 Å². The summed E-state index contributed by atoms with van der Waals surface area (Å²) in [7, 11) is -1.26. The Morgan fingerprint density at radius 1 is 0.522 bits per heavy atom. The maximum atomic E-state index is 2.75. The van der Waals surface area contributed by atoms with Crippen LogP contribution in [-0.2, 0) is 0 Å². The Kier molecular flexibility index (Phi) is 4.77. The zero-order valence-corrected chi connectivity index (χ0v) is 18.9. The molecule has 0 aromatic heterocycles. The van der Waals surface area contributed by atoms with E-state index in [2.05, 4.69) is 68.5 Å². The maximum Gasteiger partial charge on any atom is 0.0536 e. The molecule has 2 saturated carbocycles. The van der Waals surface area contributed by atoms with Crippen LogP contribution in [0.2, 0.25) is 24.2 Å². The van der Waals surface area contributed by atoms with Crippen LogP contribution in [0.1, 0.15) is 93.9 Å². The molecular weight excluding hydrogens is 292 g/mol. The molecule has 0 spiro atoms. The van der Waals surface area contributed by atoms with Crippen molar-refractivity contribution in [3.05, 3.63) is 0 Å². The molecule has 0 heterocycles. The summed E-state index contributed by atoms with van der Waals surface area (Å²) in [4.78, 5) is 0. The summed E-state index contributed by atoms with van der Waals surface area (Å²) in [6.07, 6.45) is 8.73. The van der Waals surface area contributed by atoms with Crippen LogP contribution in [0, 0.1) is 21.7 Å². The highest BCUT2D eigenvalue weighted by Crippen LogP contribution is 2.60. The van der Waals surface area contributed by atoms with Crippen molar-refractivity contribution in [2.24, 2.45) is 21.7 Å². The van der Waals surface area contributed by atoms with Gasteiger partial charge in [0.25, 0.3) is 0 Å². The van der Waals surface area contributed by atoms with Gasteiger partial charge in [0, 0.05) is 0 Å². The number of hydrogen-bond donors (Lipinski definition) is 0. The highest BCUT2D eigenvalue weighted by Gasteiger charge is 2.51. The number of hydrogen-bond acceptors (Lipinski definition) is 0. The first-order valence-electron chi connectivity index (χ1n) is 10.0. The Labute approximate surface area is 148 Å². The molecule has 2 fully saturated rings. The van der Waals surface area contributed by atoms with Gasteiger partial charge in [-0.05, 0) is 71.3 Å². The molecule has 0 aromatic carbocycles. The molecule has 2 aliphatic carbocycles. The summed E-state index contributed by atoms with van der Waals surface area (Å²) in [5, 5.41) is 0. The van der Waals surface area contributed by atoms with Crippen molar-refractivity contribution in [2.75, 3.05) is 0 Å². The van der Waals surface area contributed by atoms with E-state index in [1.54, 1.807) is 0 Å². The minimum absolute atomic E-state index is 0.538. The van der Waals surface area contributed by atoms with Crippen molar-refractivity contribution in [2.45, 2.75) is 118 Å². The topological polar surface area (TPSA) is 0 Å². The fourth-order valence-corrected chi connectivity index (χ4v) is 12.1. The molecule has 136 valence electrons.